The zero-order valence-electron chi connectivity index (χ0n) is 11.7. The second-order valence-corrected chi connectivity index (χ2v) is 5.60. The van der Waals surface area contributed by atoms with Crippen LogP contribution in [0.5, 0.6) is 0 Å². The number of hydrogen-bond acceptors (Lipinski definition) is 4. The van der Waals surface area contributed by atoms with E-state index >= 15 is 0 Å². The summed E-state index contributed by atoms with van der Waals surface area (Å²) in [5.74, 6) is -0.920. The summed E-state index contributed by atoms with van der Waals surface area (Å²) in [4.78, 5) is 18.2. The molecule has 1 heterocycles. The van der Waals surface area contributed by atoms with Gasteiger partial charge in [0.1, 0.15) is 4.88 Å². The van der Waals surface area contributed by atoms with E-state index in [4.69, 9.17) is 0 Å². The summed E-state index contributed by atoms with van der Waals surface area (Å²) in [6.45, 7) is 3.02. The van der Waals surface area contributed by atoms with Gasteiger partial charge in [-0.2, -0.15) is 0 Å². The molecule has 0 fully saturated rings. The molecule has 1 aromatic carbocycles. The summed E-state index contributed by atoms with van der Waals surface area (Å²) >= 11 is 1.24. The number of anilines is 1. The van der Waals surface area contributed by atoms with Crippen molar-refractivity contribution in [3.8, 4) is 11.3 Å². The molecule has 0 amide bonds. The molecular formula is C15H18N2O2S. The van der Waals surface area contributed by atoms with Gasteiger partial charge in [-0.1, -0.05) is 55.0 Å². The van der Waals surface area contributed by atoms with Gasteiger partial charge in [-0.3, -0.25) is 0 Å². The van der Waals surface area contributed by atoms with Crippen LogP contribution in [0.4, 0.5) is 5.13 Å². The van der Waals surface area contributed by atoms with Crippen molar-refractivity contribution in [1.29, 1.82) is 0 Å². The Kier molecular flexibility index (Phi) is 4.74. The van der Waals surface area contributed by atoms with Gasteiger partial charge in [0.2, 0.25) is 0 Å². The lowest BCUT2D eigenvalue weighted by Gasteiger charge is -2.14. The number of nitrogens with zero attached hydrogens (tertiary/aromatic N) is 2. The minimum atomic E-state index is -0.920. The SMILES string of the molecule is CCCCN(C)c1nc(-c2ccccc2)c(C(=O)O)s1. The fourth-order valence-corrected chi connectivity index (χ4v) is 2.81. The first-order valence-corrected chi connectivity index (χ1v) is 7.45. The maximum Gasteiger partial charge on any atom is 0.348 e. The smallest absolute Gasteiger partial charge is 0.348 e. The quantitative estimate of drug-likeness (QED) is 0.880. The molecule has 20 heavy (non-hydrogen) atoms. The van der Waals surface area contributed by atoms with Gasteiger partial charge in [-0.05, 0) is 6.42 Å². The van der Waals surface area contributed by atoms with Gasteiger partial charge in [0.25, 0.3) is 0 Å². The molecule has 0 aliphatic rings. The van der Waals surface area contributed by atoms with Gasteiger partial charge >= 0.3 is 5.97 Å². The fourth-order valence-electron chi connectivity index (χ4n) is 1.90. The van der Waals surface area contributed by atoms with Gasteiger partial charge < -0.3 is 10.0 Å². The van der Waals surface area contributed by atoms with Crippen LogP contribution >= 0.6 is 11.3 Å². The molecule has 0 saturated heterocycles. The number of thiazole rings is 1. The molecule has 0 aliphatic heterocycles. The predicted octanol–water partition coefficient (Wildman–Crippen LogP) is 3.74. The average molecular weight is 290 g/mol. The largest absolute Gasteiger partial charge is 0.477 e. The molecule has 2 aromatic rings. The summed E-state index contributed by atoms with van der Waals surface area (Å²) in [5.41, 5.74) is 1.40. The lowest BCUT2D eigenvalue weighted by atomic mass is 10.1. The maximum absolute atomic E-state index is 11.4. The first-order chi connectivity index (χ1) is 9.63. The van der Waals surface area contributed by atoms with E-state index in [0.717, 1.165) is 30.1 Å². The molecular weight excluding hydrogens is 272 g/mol. The van der Waals surface area contributed by atoms with Crippen LogP contribution in [0, 0.1) is 0 Å². The number of carboxylic acid groups (broad SMARTS) is 1. The van der Waals surface area contributed by atoms with Crippen molar-refractivity contribution in [2.45, 2.75) is 19.8 Å². The van der Waals surface area contributed by atoms with Gasteiger partial charge in [-0.25, -0.2) is 9.78 Å². The number of rotatable bonds is 6. The van der Waals surface area contributed by atoms with E-state index in [1.807, 2.05) is 42.3 Å². The Morgan fingerprint density at radius 2 is 2.05 bits per heavy atom. The number of hydrogen-bond donors (Lipinski definition) is 1. The third-order valence-corrected chi connectivity index (χ3v) is 4.19. The fraction of sp³-hybridized carbons (Fsp3) is 0.333. The molecule has 1 N–H and O–H groups in total. The van der Waals surface area contributed by atoms with Crippen molar-refractivity contribution in [2.75, 3.05) is 18.5 Å². The first-order valence-electron chi connectivity index (χ1n) is 6.64. The van der Waals surface area contributed by atoms with Crippen LogP contribution in [-0.2, 0) is 0 Å². The second-order valence-electron chi connectivity index (χ2n) is 4.62. The number of carboxylic acids is 1. The molecule has 0 unspecified atom stereocenters. The topological polar surface area (TPSA) is 53.4 Å². The Bertz CT molecular complexity index is 581. The summed E-state index contributed by atoms with van der Waals surface area (Å²) in [7, 11) is 1.95. The molecule has 0 aliphatic carbocycles. The molecule has 5 heteroatoms. The number of aromatic nitrogens is 1. The Labute approximate surface area is 122 Å². The number of benzene rings is 1. The third kappa shape index (κ3) is 3.17. The van der Waals surface area contributed by atoms with Gasteiger partial charge in [0, 0.05) is 19.2 Å². The van der Waals surface area contributed by atoms with Crippen molar-refractivity contribution < 1.29 is 9.90 Å². The maximum atomic E-state index is 11.4. The minimum absolute atomic E-state index is 0.301. The van der Waals surface area contributed by atoms with E-state index in [-0.39, 0.29) is 0 Å². The Morgan fingerprint density at radius 3 is 2.65 bits per heavy atom. The van der Waals surface area contributed by atoms with Crippen LogP contribution in [0.2, 0.25) is 0 Å². The van der Waals surface area contributed by atoms with Crippen molar-refractivity contribution >= 4 is 22.4 Å². The highest BCUT2D eigenvalue weighted by molar-refractivity contribution is 7.17. The van der Waals surface area contributed by atoms with Gasteiger partial charge in [0.05, 0.1) is 5.69 Å². The Balaban J connectivity index is 2.36. The summed E-state index contributed by atoms with van der Waals surface area (Å²) in [6, 6.07) is 9.46. The Morgan fingerprint density at radius 1 is 1.35 bits per heavy atom. The van der Waals surface area contributed by atoms with E-state index in [0.29, 0.717) is 10.6 Å². The minimum Gasteiger partial charge on any atom is -0.477 e. The number of aromatic carboxylic acids is 1. The average Bonchev–Trinajstić information content (AvgIpc) is 2.91. The highest BCUT2D eigenvalue weighted by atomic mass is 32.1. The third-order valence-electron chi connectivity index (χ3n) is 3.03. The molecule has 0 saturated carbocycles. The van der Waals surface area contributed by atoms with Crippen LogP contribution in [0.1, 0.15) is 29.4 Å². The van der Waals surface area contributed by atoms with Crippen LogP contribution in [0.3, 0.4) is 0 Å². The molecule has 2 rings (SSSR count). The van der Waals surface area contributed by atoms with Crippen molar-refractivity contribution in [3.63, 3.8) is 0 Å². The second kappa shape index (κ2) is 6.52. The highest BCUT2D eigenvalue weighted by Crippen LogP contribution is 2.32. The monoisotopic (exact) mass is 290 g/mol. The van der Waals surface area contributed by atoms with E-state index < -0.39 is 5.97 Å². The standard InChI is InChI=1S/C15H18N2O2S/c1-3-4-10-17(2)15-16-12(13(20-15)14(18)19)11-8-6-5-7-9-11/h5-9H,3-4,10H2,1-2H3,(H,18,19). The van der Waals surface area contributed by atoms with Crippen molar-refractivity contribution in [1.82, 2.24) is 4.98 Å². The van der Waals surface area contributed by atoms with Crippen LogP contribution in [-0.4, -0.2) is 29.7 Å². The van der Waals surface area contributed by atoms with Crippen LogP contribution < -0.4 is 4.90 Å². The van der Waals surface area contributed by atoms with Gasteiger partial charge in [0.15, 0.2) is 5.13 Å². The summed E-state index contributed by atoms with van der Waals surface area (Å²) in [6.07, 6.45) is 2.17. The van der Waals surface area contributed by atoms with Crippen LogP contribution in [0.25, 0.3) is 11.3 Å². The van der Waals surface area contributed by atoms with Gasteiger partial charge in [-0.15, -0.1) is 0 Å². The first kappa shape index (κ1) is 14.5. The van der Waals surface area contributed by atoms with E-state index in [2.05, 4.69) is 11.9 Å². The number of carbonyl (C=O) groups is 1. The van der Waals surface area contributed by atoms with Crippen molar-refractivity contribution in [3.05, 3.63) is 35.2 Å². The lowest BCUT2D eigenvalue weighted by molar-refractivity contribution is 0.0702. The molecule has 0 atom stereocenters. The zero-order chi connectivity index (χ0) is 14.5. The molecule has 1 aromatic heterocycles. The Hall–Kier alpha value is -1.88. The summed E-state index contributed by atoms with van der Waals surface area (Å²) in [5, 5.41) is 10.1. The predicted molar refractivity (Wildman–Crippen MR) is 82.7 cm³/mol. The van der Waals surface area contributed by atoms with E-state index in [9.17, 15) is 9.90 Å². The zero-order valence-corrected chi connectivity index (χ0v) is 12.5. The molecule has 4 nitrogen and oxygen atoms in total. The lowest BCUT2D eigenvalue weighted by Crippen LogP contribution is -2.17. The molecule has 0 spiro atoms. The van der Waals surface area contributed by atoms with Crippen LogP contribution in [0.15, 0.2) is 30.3 Å². The summed E-state index contributed by atoms with van der Waals surface area (Å²) < 4.78 is 0. The highest BCUT2D eigenvalue weighted by Gasteiger charge is 2.20. The van der Waals surface area contributed by atoms with Crippen molar-refractivity contribution in [2.24, 2.45) is 0 Å². The molecule has 106 valence electrons. The normalized spacial score (nSPS) is 10.5. The van der Waals surface area contributed by atoms with E-state index in [1.54, 1.807) is 0 Å². The van der Waals surface area contributed by atoms with E-state index in [1.165, 1.54) is 11.3 Å². The molecule has 0 bridgehead atoms. The number of unbranched alkanes of at least 4 members (excludes halogenated alkanes) is 1. The molecule has 0 radical (unpaired) electrons.